The number of imide groups is 1. The highest BCUT2D eigenvalue weighted by Crippen LogP contribution is 2.35. The van der Waals surface area contributed by atoms with Crippen molar-refractivity contribution in [1.29, 1.82) is 0 Å². The standard InChI is InChI=1S/C20H16BrF2NO4S/c1-2-27-16-9-13(5-8-15(16)28-19(22)23)10-17-18(25)24(20(26)29-17)11-12-3-6-14(21)7-4-12/h3-10,19H,2,11H2,1H3/b17-10-. The summed E-state index contributed by atoms with van der Waals surface area (Å²) in [4.78, 5) is 26.4. The SMILES string of the molecule is CCOc1cc(/C=C2\SC(=O)N(Cc3ccc(Br)cc3)C2=O)ccc1OC(F)F. The van der Waals surface area contributed by atoms with Gasteiger partial charge < -0.3 is 9.47 Å². The Kier molecular flexibility index (Phi) is 6.92. The Bertz CT molecular complexity index is 950. The number of amides is 2. The molecule has 1 heterocycles. The molecule has 0 bridgehead atoms. The number of rotatable bonds is 7. The molecule has 0 atom stereocenters. The zero-order chi connectivity index (χ0) is 21.0. The van der Waals surface area contributed by atoms with Crippen molar-refractivity contribution < 1.29 is 27.8 Å². The van der Waals surface area contributed by atoms with Gasteiger partial charge in [-0.1, -0.05) is 34.1 Å². The molecule has 0 radical (unpaired) electrons. The van der Waals surface area contributed by atoms with Crippen LogP contribution < -0.4 is 9.47 Å². The summed E-state index contributed by atoms with van der Waals surface area (Å²) in [5.74, 6) is -0.369. The number of carbonyl (C=O) groups is 2. The predicted octanol–water partition coefficient (Wildman–Crippen LogP) is 5.69. The monoisotopic (exact) mass is 483 g/mol. The molecule has 2 amide bonds. The lowest BCUT2D eigenvalue weighted by Crippen LogP contribution is -2.27. The summed E-state index contributed by atoms with van der Waals surface area (Å²) in [6.45, 7) is -0.838. The molecule has 2 aromatic rings. The van der Waals surface area contributed by atoms with Crippen LogP contribution in [0.1, 0.15) is 18.1 Å². The van der Waals surface area contributed by atoms with Crippen LogP contribution in [0.4, 0.5) is 13.6 Å². The highest BCUT2D eigenvalue weighted by Gasteiger charge is 2.35. The highest BCUT2D eigenvalue weighted by molar-refractivity contribution is 9.10. The van der Waals surface area contributed by atoms with E-state index in [2.05, 4.69) is 20.7 Å². The van der Waals surface area contributed by atoms with E-state index < -0.39 is 12.5 Å². The third-order valence-corrected chi connectivity index (χ3v) is 5.35. The highest BCUT2D eigenvalue weighted by atomic mass is 79.9. The Morgan fingerprint density at radius 1 is 1.14 bits per heavy atom. The van der Waals surface area contributed by atoms with Crippen molar-refractivity contribution in [2.75, 3.05) is 6.61 Å². The molecule has 29 heavy (non-hydrogen) atoms. The van der Waals surface area contributed by atoms with Crippen LogP contribution in [0.5, 0.6) is 11.5 Å². The summed E-state index contributed by atoms with van der Waals surface area (Å²) in [5.41, 5.74) is 1.35. The molecule has 5 nitrogen and oxygen atoms in total. The Balaban J connectivity index is 1.81. The predicted molar refractivity (Wildman–Crippen MR) is 110 cm³/mol. The fourth-order valence-corrected chi connectivity index (χ4v) is 3.74. The Hall–Kier alpha value is -2.39. The third-order valence-electron chi connectivity index (χ3n) is 3.91. The van der Waals surface area contributed by atoms with Gasteiger partial charge in [-0.3, -0.25) is 14.5 Å². The van der Waals surface area contributed by atoms with Gasteiger partial charge in [0.2, 0.25) is 0 Å². The number of carbonyl (C=O) groups excluding carboxylic acids is 2. The van der Waals surface area contributed by atoms with Crippen molar-refractivity contribution in [3.8, 4) is 11.5 Å². The maximum Gasteiger partial charge on any atom is 0.387 e. The van der Waals surface area contributed by atoms with Gasteiger partial charge in [0.25, 0.3) is 11.1 Å². The van der Waals surface area contributed by atoms with E-state index in [9.17, 15) is 18.4 Å². The Morgan fingerprint density at radius 2 is 1.86 bits per heavy atom. The zero-order valence-corrected chi connectivity index (χ0v) is 17.6. The number of thioether (sulfide) groups is 1. The van der Waals surface area contributed by atoms with Gasteiger partial charge in [-0.05, 0) is 60.2 Å². The van der Waals surface area contributed by atoms with Crippen LogP contribution in [0.2, 0.25) is 0 Å². The molecule has 0 saturated carbocycles. The summed E-state index contributed by atoms with van der Waals surface area (Å²) < 4.78 is 35.7. The summed E-state index contributed by atoms with van der Waals surface area (Å²) >= 11 is 4.17. The molecule has 3 rings (SSSR count). The number of ether oxygens (including phenoxy) is 2. The fraction of sp³-hybridized carbons (Fsp3) is 0.200. The fourth-order valence-electron chi connectivity index (χ4n) is 2.64. The average molecular weight is 484 g/mol. The van der Waals surface area contributed by atoms with Crippen LogP contribution >= 0.6 is 27.7 Å². The minimum atomic E-state index is -2.98. The van der Waals surface area contributed by atoms with Crippen molar-refractivity contribution in [3.63, 3.8) is 0 Å². The summed E-state index contributed by atoms with van der Waals surface area (Å²) in [6.07, 6.45) is 1.53. The van der Waals surface area contributed by atoms with Crippen molar-refractivity contribution >= 4 is 44.9 Å². The maximum atomic E-state index is 12.7. The van der Waals surface area contributed by atoms with Crippen molar-refractivity contribution in [2.45, 2.75) is 20.1 Å². The van der Waals surface area contributed by atoms with E-state index in [4.69, 9.17) is 4.74 Å². The van der Waals surface area contributed by atoms with Crippen LogP contribution in [-0.2, 0) is 11.3 Å². The molecule has 1 fully saturated rings. The molecule has 1 aliphatic rings. The Morgan fingerprint density at radius 3 is 2.52 bits per heavy atom. The summed E-state index contributed by atoms with van der Waals surface area (Å²) in [5, 5.41) is -0.369. The largest absolute Gasteiger partial charge is 0.490 e. The van der Waals surface area contributed by atoms with Crippen LogP contribution in [0.3, 0.4) is 0 Å². The molecular weight excluding hydrogens is 468 g/mol. The van der Waals surface area contributed by atoms with Gasteiger partial charge in [-0.25, -0.2) is 0 Å². The first-order valence-electron chi connectivity index (χ1n) is 8.59. The van der Waals surface area contributed by atoms with E-state index >= 15 is 0 Å². The second kappa shape index (κ2) is 9.41. The van der Waals surface area contributed by atoms with E-state index in [1.165, 1.54) is 24.3 Å². The minimum Gasteiger partial charge on any atom is -0.490 e. The van der Waals surface area contributed by atoms with Crippen LogP contribution in [0, 0.1) is 0 Å². The summed E-state index contributed by atoms with van der Waals surface area (Å²) in [7, 11) is 0. The number of alkyl halides is 2. The van der Waals surface area contributed by atoms with Crippen molar-refractivity contribution in [3.05, 3.63) is 63.0 Å². The molecule has 0 N–H and O–H groups in total. The van der Waals surface area contributed by atoms with E-state index in [1.807, 2.05) is 24.3 Å². The number of hydrogen-bond donors (Lipinski definition) is 0. The molecule has 1 saturated heterocycles. The second-order valence-corrected chi connectivity index (χ2v) is 7.82. The lowest BCUT2D eigenvalue weighted by molar-refractivity contribution is -0.123. The lowest BCUT2D eigenvalue weighted by Gasteiger charge is -2.13. The molecule has 0 aliphatic carbocycles. The minimum absolute atomic E-state index is 0.0951. The molecular formula is C20H16BrF2NO4S. The van der Waals surface area contributed by atoms with E-state index in [0.717, 1.165) is 26.7 Å². The van der Waals surface area contributed by atoms with Gasteiger partial charge in [0, 0.05) is 4.47 Å². The molecule has 2 aromatic carbocycles. The maximum absolute atomic E-state index is 12.7. The van der Waals surface area contributed by atoms with Gasteiger partial charge >= 0.3 is 6.61 Å². The van der Waals surface area contributed by atoms with Crippen LogP contribution in [-0.4, -0.2) is 29.3 Å². The third kappa shape index (κ3) is 5.36. The lowest BCUT2D eigenvalue weighted by atomic mass is 10.1. The smallest absolute Gasteiger partial charge is 0.387 e. The topological polar surface area (TPSA) is 55.8 Å². The number of benzene rings is 2. The number of hydrogen-bond acceptors (Lipinski definition) is 5. The molecule has 0 unspecified atom stereocenters. The first kappa shape index (κ1) is 21.3. The molecule has 0 spiro atoms. The van der Waals surface area contributed by atoms with E-state index in [0.29, 0.717) is 5.56 Å². The molecule has 152 valence electrons. The van der Waals surface area contributed by atoms with Gasteiger partial charge in [-0.2, -0.15) is 8.78 Å². The van der Waals surface area contributed by atoms with E-state index in [-0.39, 0.29) is 34.8 Å². The normalized spacial score (nSPS) is 15.5. The van der Waals surface area contributed by atoms with E-state index in [1.54, 1.807) is 6.92 Å². The zero-order valence-electron chi connectivity index (χ0n) is 15.2. The molecule has 9 heteroatoms. The first-order chi connectivity index (χ1) is 13.9. The molecule has 1 aliphatic heterocycles. The van der Waals surface area contributed by atoms with Crippen LogP contribution in [0.15, 0.2) is 51.8 Å². The van der Waals surface area contributed by atoms with Crippen LogP contribution in [0.25, 0.3) is 6.08 Å². The first-order valence-corrected chi connectivity index (χ1v) is 10.2. The van der Waals surface area contributed by atoms with Gasteiger partial charge in [0.1, 0.15) is 0 Å². The number of nitrogens with zero attached hydrogens (tertiary/aromatic N) is 1. The van der Waals surface area contributed by atoms with Crippen molar-refractivity contribution in [2.24, 2.45) is 0 Å². The Labute approximate surface area is 178 Å². The summed E-state index contributed by atoms with van der Waals surface area (Å²) in [6, 6.07) is 11.7. The number of halogens is 3. The quantitative estimate of drug-likeness (QED) is 0.473. The van der Waals surface area contributed by atoms with Gasteiger partial charge in [0.15, 0.2) is 11.5 Å². The average Bonchev–Trinajstić information content (AvgIpc) is 2.93. The van der Waals surface area contributed by atoms with Gasteiger partial charge in [0.05, 0.1) is 18.1 Å². The second-order valence-electron chi connectivity index (χ2n) is 5.91. The molecule has 0 aromatic heterocycles. The van der Waals surface area contributed by atoms with Crippen molar-refractivity contribution in [1.82, 2.24) is 4.90 Å². The van der Waals surface area contributed by atoms with Gasteiger partial charge in [-0.15, -0.1) is 0 Å².